The van der Waals surface area contributed by atoms with E-state index in [2.05, 4.69) is 6.92 Å². The molecule has 0 aliphatic carbocycles. The Morgan fingerprint density at radius 2 is 2.22 bits per heavy atom. The minimum absolute atomic E-state index is 0.643. The van der Waals surface area contributed by atoms with Gasteiger partial charge in [-0.05, 0) is 43.0 Å². The average molecular weight is 245 g/mol. The van der Waals surface area contributed by atoms with Crippen LogP contribution in [-0.2, 0) is 11.2 Å². The summed E-state index contributed by atoms with van der Waals surface area (Å²) in [5, 5.41) is 0. The predicted molar refractivity (Wildman–Crippen MR) is 74.6 cm³/mol. The van der Waals surface area contributed by atoms with E-state index >= 15 is 0 Å². The molecule has 18 heavy (non-hydrogen) atoms. The summed E-state index contributed by atoms with van der Waals surface area (Å²) in [6.07, 6.45) is 8.01. The summed E-state index contributed by atoms with van der Waals surface area (Å²) in [4.78, 5) is 10.4. The molecule has 0 saturated heterocycles. The molecule has 1 aromatic rings. The normalized spacial score (nSPS) is 11.3. The highest BCUT2D eigenvalue weighted by Gasteiger charge is 1.97. The van der Waals surface area contributed by atoms with Crippen LogP contribution in [0.5, 0.6) is 5.75 Å². The Balaban J connectivity index is 2.48. The molecule has 0 aliphatic rings. The van der Waals surface area contributed by atoms with Crippen LogP contribution in [0, 0.1) is 0 Å². The van der Waals surface area contributed by atoms with Crippen LogP contribution in [0.4, 0.5) is 0 Å². The summed E-state index contributed by atoms with van der Waals surface area (Å²) < 4.78 is 5.68. The van der Waals surface area contributed by atoms with E-state index in [9.17, 15) is 4.79 Å². The van der Waals surface area contributed by atoms with Crippen molar-refractivity contribution in [1.82, 2.24) is 0 Å². The first kappa shape index (κ1) is 14.5. The fraction of sp³-hybridized carbons (Fsp3) is 0.438. The van der Waals surface area contributed by atoms with Gasteiger partial charge in [0.25, 0.3) is 0 Å². The van der Waals surface area contributed by atoms with E-state index in [1.165, 1.54) is 12.8 Å². The summed E-state index contributed by atoms with van der Waals surface area (Å²) in [5.41, 5.74) is 1.79. The monoisotopic (exact) mass is 245 g/mol. The first-order valence-corrected chi connectivity index (χ1v) is 6.53. The second kappa shape index (κ2) is 8.51. The lowest BCUT2D eigenvalue weighted by atomic mass is 10.1. The maximum atomic E-state index is 10.4. The second-order valence-electron chi connectivity index (χ2n) is 4.40. The third-order valence-electron chi connectivity index (χ3n) is 2.72. The molecule has 0 fully saturated rings. The maximum Gasteiger partial charge on any atom is 0.228 e. The summed E-state index contributed by atoms with van der Waals surface area (Å²) in [6, 6.07) is 8.02. The third kappa shape index (κ3) is 5.67. The Morgan fingerprint density at radius 3 is 2.94 bits per heavy atom. The molecule has 2 heteroatoms. The van der Waals surface area contributed by atoms with Gasteiger partial charge in [-0.1, -0.05) is 38.0 Å². The van der Waals surface area contributed by atoms with Crippen LogP contribution in [0.25, 0.3) is 0 Å². The van der Waals surface area contributed by atoms with Crippen molar-refractivity contribution in [1.29, 1.82) is 0 Å². The molecule has 0 bridgehead atoms. The Kier molecular flexibility index (Phi) is 6.85. The summed E-state index contributed by atoms with van der Waals surface area (Å²) in [5.74, 6) is 0.907. The summed E-state index contributed by atoms with van der Waals surface area (Å²) in [7, 11) is 0. The SMILES string of the molecule is CCCCCOc1cccc(C/C=C(\C)[C]=O)c1. The van der Waals surface area contributed by atoms with Gasteiger partial charge >= 0.3 is 0 Å². The highest BCUT2D eigenvalue weighted by molar-refractivity contribution is 5.72. The highest BCUT2D eigenvalue weighted by Crippen LogP contribution is 2.15. The van der Waals surface area contributed by atoms with Gasteiger partial charge in [0.05, 0.1) is 6.61 Å². The molecule has 0 amide bonds. The zero-order chi connectivity index (χ0) is 13.2. The minimum Gasteiger partial charge on any atom is -0.494 e. The fourth-order valence-corrected chi connectivity index (χ4v) is 1.62. The molecule has 0 unspecified atom stereocenters. The van der Waals surface area contributed by atoms with Gasteiger partial charge in [0, 0.05) is 0 Å². The smallest absolute Gasteiger partial charge is 0.228 e. The van der Waals surface area contributed by atoms with Gasteiger partial charge in [-0.2, -0.15) is 0 Å². The van der Waals surface area contributed by atoms with Crippen molar-refractivity contribution in [3.63, 3.8) is 0 Å². The number of unbranched alkanes of at least 4 members (excludes halogenated alkanes) is 2. The lowest BCUT2D eigenvalue weighted by molar-refractivity contribution is 0.306. The van der Waals surface area contributed by atoms with E-state index in [1.54, 1.807) is 6.92 Å². The van der Waals surface area contributed by atoms with Gasteiger partial charge in [-0.25, -0.2) is 0 Å². The standard InChI is InChI=1S/C16H21O2/c1-3-4-5-11-18-16-8-6-7-15(12-16)10-9-14(2)13-17/h6-9,12H,3-5,10-11H2,1-2H3/b14-9+. The molecular formula is C16H21O2. The first-order valence-electron chi connectivity index (χ1n) is 6.53. The van der Waals surface area contributed by atoms with E-state index in [-0.39, 0.29) is 0 Å². The van der Waals surface area contributed by atoms with E-state index < -0.39 is 0 Å². The molecule has 1 rings (SSSR count). The molecular weight excluding hydrogens is 224 g/mol. The fourth-order valence-electron chi connectivity index (χ4n) is 1.62. The highest BCUT2D eigenvalue weighted by atomic mass is 16.5. The van der Waals surface area contributed by atoms with Gasteiger partial charge in [-0.15, -0.1) is 0 Å². The molecule has 0 atom stereocenters. The van der Waals surface area contributed by atoms with E-state index in [4.69, 9.17) is 4.74 Å². The third-order valence-corrected chi connectivity index (χ3v) is 2.72. The minimum atomic E-state index is 0.643. The lowest BCUT2D eigenvalue weighted by Gasteiger charge is -2.07. The van der Waals surface area contributed by atoms with Crippen LogP contribution in [0.15, 0.2) is 35.9 Å². The van der Waals surface area contributed by atoms with Crippen LogP contribution in [-0.4, -0.2) is 12.9 Å². The van der Waals surface area contributed by atoms with Crippen molar-refractivity contribution >= 4 is 6.29 Å². The molecule has 97 valence electrons. The van der Waals surface area contributed by atoms with Crippen LogP contribution >= 0.6 is 0 Å². The van der Waals surface area contributed by atoms with Crippen molar-refractivity contribution in [3.05, 3.63) is 41.5 Å². The second-order valence-corrected chi connectivity index (χ2v) is 4.40. The number of carbonyl (C=O) groups excluding carboxylic acids is 1. The van der Waals surface area contributed by atoms with Gasteiger partial charge in [0.15, 0.2) is 0 Å². The Labute approximate surface area is 110 Å². The first-order chi connectivity index (χ1) is 8.76. The molecule has 1 radical (unpaired) electrons. The van der Waals surface area contributed by atoms with Gasteiger partial charge in [0.1, 0.15) is 5.75 Å². The molecule has 1 aromatic carbocycles. The molecule has 2 nitrogen and oxygen atoms in total. The number of hydrogen-bond acceptors (Lipinski definition) is 2. The number of rotatable bonds is 8. The van der Waals surface area contributed by atoms with Crippen molar-refractivity contribution in [3.8, 4) is 5.75 Å². The average Bonchev–Trinajstić information content (AvgIpc) is 2.41. The summed E-state index contributed by atoms with van der Waals surface area (Å²) in [6.45, 7) is 4.71. The van der Waals surface area contributed by atoms with Crippen LogP contribution < -0.4 is 4.74 Å². The largest absolute Gasteiger partial charge is 0.494 e. The molecule has 0 N–H and O–H groups in total. The Hall–Kier alpha value is -1.57. The van der Waals surface area contributed by atoms with Crippen molar-refractivity contribution in [2.75, 3.05) is 6.61 Å². The Bertz CT molecular complexity index is 394. The quantitative estimate of drug-likeness (QED) is 0.513. The molecule has 0 aromatic heterocycles. The van der Waals surface area contributed by atoms with E-state index in [0.29, 0.717) is 5.57 Å². The van der Waals surface area contributed by atoms with Crippen LogP contribution in [0.1, 0.15) is 38.7 Å². The zero-order valence-corrected chi connectivity index (χ0v) is 11.2. The zero-order valence-electron chi connectivity index (χ0n) is 11.2. The Morgan fingerprint density at radius 1 is 1.39 bits per heavy atom. The lowest BCUT2D eigenvalue weighted by Crippen LogP contribution is -1.97. The van der Waals surface area contributed by atoms with Gasteiger partial charge in [-0.3, -0.25) is 4.79 Å². The van der Waals surface area contributed by atoms with E-state index in [0.717, 1.165) is 30.8 Å². The molecule has 0 spiro atoms. The van der Waals surface area contributed by atoms with E-state index in [1.807, 2.05) is 36.6 Å². The summed E-state index contributed by atoms with van der Waals surface area (Å²) >= 11 is 0. The van der Waals surface area contributed by atoms with Crippen molar-refractivity contribution in [2.45, 2.75) is 39.5 Å². The maximum absolute atomic E-state index is 10.4. The number of hydrogen-bond donors (Lipinski definition) is 0. The van der Waals surface area contributed by atoms with Crippen molar-refractivity contribution < 1.29 is 9.53 Å². The number of benzene rings is 1. The van der Waals surface area contributed by atoms with Crippen LogP contribution in [0.2, 0.25) is 0 Å². The van der Waals surface area contributed by atoms with Crippen molar-refractivity contribution in [2.24, 2.45) is 0 Å². The number of allylic oxidation sites excluding steroid dienone is 2. The van der Waals surface area contributed by atoms with Gasteiger partial charge < -0.3 is 4.74 Å². The number of ether oxygens (including phenoxy) is 1. The topological polar surface area (TPSA) is 26.3 Å². The predicted octanol–water partition coefficient (Wildman–Crippen LogP) is 3.85. The molecule has 0 saturated carbocycles. The molecule has 0 heterocycles. The van der Waals surface area contributed by atoms with Crippen LogP contribution in [0.3, 0.4) is 0 Å². The molecule has 0 aliphatic heterocycles. The van der Waals surface area contributed by atoms with Gasteiger partial charge in [0.2, 0.25) is 6.29 Å².